The summed E-state index contributed by atoms with van der Waals surface area (Å²) < 4.78 is 23.2. The molecule has 6 heteroatoms. The van der Waals surface area contributed by atoms with Crippen molar-refractivity contribution >= 4 is 27.9 Å². The van der Waals surface area contributed by atoms with Gasteiger partial charge in [0.25, 0.3) is 0 Å². The molecule has 0 aliphatic heterocycles. The second kappa shape index (κ2) is 2.58. The van der Waals surface area contributed by atoms with Crippen molar-refractivity contribution in [2.45, 2.75) is 6.05 Å². The first-order valence-corrected chi connectivity index (χ1v) is 2.46. The van der Waals surface area contributed by atoms with Gasteiger partial charge in [-0.25, -0.2) is 0 Å². The Hall–Kier alpha value is 0.0800. The Balaban J connectivity index is 3.97. The summed E-state index contributed by atoms with van der Waals surface area (Å²) in [4.78, 5) is 0. The van der Waals surface area contributed by atoms with Crippen LogP contribution in [0.5, 0.6) is 0 Å². The van der Waals surface area contributed by atoms with Crippen LogP contribution in [0.25, 0.3) is 0 Å². The highest BCUT2D eigenvalue weighted by Gasteiger charge is 2.34. The van der Waals surface area contributed by atoms with Gasteiger partial charge in [-0.05, 0) is 11.8 Å². The standard InChI is InChI=1S/C2BrClF2N2/c3-8(4)2(5,6)1-7. The van der Waals surface area contributed by atoms with E-state index in [2.05, 4.69) is 27.9 Å². The van der Waals surface area contributed by atoms with Crippen LogP contribution in [0.3, 0.4) is 0 Å². The maximum Gasteiger partial charge on any atom is 0.416 e. The fourth-order valence-electron chi connectivity index (χ4n) is 0.0378. The SMILES string of the molecule is N#CC(F)(F)N(Cl)Br. The number of rotatable bonds is 1. The van der Waals surface area contributed by atoms with Crippen LogP contribution in [-0.4, -0.2) is 9.49 Å². The molecule has 0 aromatic heterocycles. The van der Waals surface area contributed by atoms with Gasteiger partial charge in [0.05, 0.1) is 0 Å². The van der Waals surface area contributed by atoms with Crippen molar-refractivity contribution in [2.75, 3.05) is 0 Å². The molecule has 0 N–H and O–H groups in total. The molecule has 0 spiro atoms. The third kappa shape index (κ3) is 1.90. The van der Waals surface area contributed by atoms with Crippen LogP contribution in [0.1, 0.15) is 0 Å². The second-order valence-electron chi connectivity index (χ2n) is 0.886. The number of nitriles is 1. The van der Waals surface area contributed by atoms with Crippen LogP contribution in [-0.2, 0) is 0 Å². The Morgan fingerprint density at radius 1 is 1.75 bits per heavy atom. The zero-order chi connectivity index (χ0) is 6.78. The third-order valence-corrected chi connectivity index (χ3v) is 1.00. The smallest absolute Gasteiger partial charge is 0.190 e. The molecule has 0 amide bonds. The fraction of sp³-hybridized carbons (Fsp3) is 0.500. The Kier molecular flexibility index (Phi) is 2.60. The summed E-state index contributed by atoms with van der Waals surface area (Å²) >= 11 is 6.83. The molecular weight excluding hydrogens is 205 g/mol. The molecule has 0 heterocycles. The highest BCUT2D eigenvalue weighted by molar-refractivity contribution is 9.08. The molecular formula is C2BrClF2N2. The molecule has 46 valence electrons. The van der Waals surface area contributed by atoms with Crippen molar-refractivity contribution in [3.63, 3.8) is 0 Å². The molecule has 0 unspecified atom stereocenters. The lowest BCUT2D eigenvalue weighted by molar-refractivity contribution is 0.00551. The molecule has 0 aromatic rings. The first-order chi connectivity index (χ1) is 3.50. The lowest BCUT2D eigenvalue weighted by atomic mass is 10.7. The van der Waals surface area contributed by atoms with Crippen LogP contribution in [0.4, 0.5) is 8.78 Å². The molecule has 0 fully saturated rings. The predicted molar refractivity (Wildman–Crippen MR) is 27.2 cm³/mol. The van der Waals surface area contributed by atoms with Crippen molar-refractivity contribution in [3.05, 3.63) is 0 Å². The molecule has 0 saturated heterocycles. The lowest BCUT2D eigenvalue weighted by Gasteiger charge is -2.08. The maximum absolute atomic E-state index is 11.7. The second-order valence-corrected chi connectivity index (χ2v) is 2.34. The van der Waals surface area contributed by atoms with Crippen molar-refractivity contribution < 1.29 is 8.78 Å². The quantitative estimate of drug-likeness (QED) is 0.483. The number of halogens is 4. The summed E-state index contributed by atoms with van der Waals surface area (Å²) in [6.45, 7) is 0. The summed E-state index contributed by atoms with van der Waals surface area (Å²) in [5.74, 6) is 0. The van der Waals surface area contributed by atoms with E-state index in [1.165, 1.54) is 0 Å². The van der Waals surface area contributed by atoms with Gasteiger partial charge in [-0.2, -0.15) is 14.0 Å². The summed E-state index contributed by atoms with van der Waals surface area (Å²) in [5.41, 5.74) is 0. The van der Waals surface area contributed by atoms with Crippen LogP contribution >= 0.6 is 27.9 Å². The van der Waals surface area contributed by atoms with Crippen molar-refractivity contribution in [1.82, 2.24) is 3.45 Å². The average molecular weight is 205 g/mol. The van der Waals surface area contributed by atoms with Crippen LogP contribution in [0, 0.1) is 11.3 Å². The van der Waals surface area contributed by atoms with Gasteiger partial charge in [0.2, 0.25) is 0 Å². The summed E-state index contributed by atoms with van der Waals surface area (Å²) in [5, 5.41) is 7.61. The summed E-state index contributed by atoms with van der Waals surface area (Å²) in [6.07, 6.45) is 0. The van der Waals surface area contributed by atoms with Crippen molar-refractivity contribution in [1.29, 1.82) is 5.26 Å². The number of hydrogen-bond donors (Lipinski definition) is 0. The third-order valence-electron chi connectivity index (χ3n) is 0.347. The normalized spacial score (nSPS) is 11.5. The number of alkyl halides is 2. The van der Waals surface area contributed by atoms with Crippen LogP contribution < -0.4 is 0 Å². The van der Waals surface area contributed by atoms with Crippen molar-refractivity contribution in [3.8, 4) is 6.07 Å². The van der Waals surface area contributed by atoms with E-state index in [1.54, 1.807) is 0 Å². The van der Waals surface area contributed by atoms with Crippen LogP contribution in [0.15, 0.2) is 0 Å². The molecule has 0 aromatic carbocycles. The molecule has 0 aliphatic rings. The molecule has 0 aliphatic carbocycles. The molecule has 0 saturated carbocycles. The molecule has 0 rings (SSSR count). The minimum atomic E-state index is -3.64. The van der Waals surface area contributed by atoms with E-state index >= 15 is 0 Å². The first-order valence-electron chi connectivity index (χ1n) is 1.41. The van der Waals surface area contributed by atoms with Gasteiger partial charge in [0, 0.05) is 16.1 Å². The summed E-state index contributed by atoms with van der Waals surface area (Å²) in [6, 6.07) is -2.98. The van der Waals surface area contributed by atoms with Gasteiger partial charge in [-0.3, -0.25) is 0 Å². The Morgan fingerprint density at radius 3 is 2.12 bits per heavy atom. The zero-order valence-corrected chi connectivity index (χ0v) is 5.75. The minimum absolute atomic E-state index is 0.167. The van der Waals surface area contributed by atoms with E-state index in [0.29, 0.717) is 6.07 Å². The van der Waals surface area contributed by atoms with Gasteiger partial charge in [0.1, 0.15) is 0 Å². The molecule has 2 nitrogen and oxygen atoms in total. The van der Waals surface area contributed by atoms with E-state index in [9.17, 15) is 8.78 Å². The van der Waals surface area contributed by atoms with E-state index < -0.39 is 6.05 Å². The largest absolute Gasteiger partial charge is 0.416 e. The maximum atomic E-state index is 11.7. The lowest BCUT2D eigenvalue weighted by Crippen LogP contribution is -2.23. The van der Waals surface area contributed by atoms with Crippen molar-refractivity contribution in [2.24, 2.45) is 0 Å². The monoisotopic (exact) mass is 204 g/mol. The Labute approximate surface area is 58.1 Å². The summed E-state index contributed by atoms with van der Waals surface area (Å²) in [7, 11) is 0. The number of hydrogen-bond acceptors (Lipinski definition) is 2. The molecule has 0 radical (unpaired) electrons. The van der Waals surface area contributed by atoms with Gasteiger partial charge in [0.15, 0.2) is 6.07 Å². The highest BCUT2D eigenvalue weighted by atomic mass is 79.9. The average Bonchev–Trinajstić information content (AvgIpc) is 1.67. The zero-order valence-electron chi connectivity index (χ0n) is 3.41. The van der Waals surface area contributed by atoms with Gasteiger partial charge in [-0.1, -0.05) is 3.45 Å². The number of nitrogens with zero attached hydrogens (tertiary/aromatic N) is 2. The fourth-order valence-corrected chi connectivity index (χ4v) is 0.155. The molecule has 0 atom stereocenters. The minimum Gasteiger partial charge on any atom is -0.190 e. The van der Waals surface area contributed by atoms with E-state index in [4.69, 9.17) is 5.26 Å². The Morgan fingerprint density at radius 2 is 2.12 bits per heavy atom. The Bertz CT molecular complexity index is 120. The topological polar surface area (TPSA) is 27.0 Å². The van der Waals surface area contributed by atoms with E-state index in [-0.39, 0.29) is 3.45 Å². The highest BCUT2D eigenvalue weighted by Crippen LogP contribution is 2.23. The van der Waals surface area contributed by atoms with Crippen LogP contribution in [0.2, 0.25) is 0 Å². The van der Waals surface area contributed by atoms with E-state index in [1.807, 2.05) is 0 Å². The van der Waals surface area contributed by atoms with E-state index in [0.717, 1.165) is 0 Å². The van der Waals surface area contributed by atoms with Gasteiger partial charge in [-0.15, -0.1) is 0 Å². The molecule has 8 heavy (non-hydrogen) atoms. The van der Waals surface area contributed by atoms with Gasteiger partial charge >= 0.3 is 6.05 Å². The van der Waals surface area contributed by atoms with Gasteiger partial charge < -0.3 is 0 Å². The predicted octanol–water partition coefficient (Wildman–Crippen LogP) is 1.87. The molecule has 0 bridgehead atoms. The first kappa shape index (κ1) is 8.08.